The third-order valence-corrected chi connectivity index (χ3v) is 3.72. The molecule has 1 amide bonds. The normalized spacial score (nSPS) is 12.7. The van der Waals surface area contributed by atoms with Crippen molar-refractivity contribution in [3.05, 3.63) is 60.2 Å². The summed E-state index contributed by atoms with van der Waals surface area (Å²) in [5.41, 5.74) is 0.638. The van der Waals surface area contributed by atoms with Crippen molar-refractivity contribution in [1.82, 2.24) is 5.32 Å². The number of methoxy groups -OCH3 is 1. The van der Waals surface area contributed by atoms with E-state index in [-0.39, 0.29) is 12.5 Å². The predicted octanol–water partition coefficient (Wildman–Crippen LogP) is 2.45. The van der Waals surface area contributed by atoms with E-state index in [1.807, 2.05) is 6.07 Å². The molecule has 0 saturated carbocycles. The standard InChI is InChI=1S/C19H21NO5/c1-13(25-16-10-8-15(24-2)9-11-16)18(21)20-12-17(19(22)23)14-6-4-3-5-7-14/h3-11,13,17H,12H2,1-2H3,(H,20,21)(H,22,23)/t13-,17+/m0/s1. The maximum atomic E-state index is 12.2. The van der Waals surface area contributed by atoms with Crippen molar-refractivity contribution in [3.63, 3.8) is 0 Å². The molecule has 0 radical (unpaired) electrons. The summed E-state index contributed by atoms with van der Waals surface area (Å²) in [6, 6.07) is 15.7. The van der Waals surface area contributed by atoms with E-state index in [2.05, 4.69) is 5.32 Å². The van der Waals surface area contributed by atoms with Crippen LogP contribution in [-0.4, -0.2) is 36.7 Å². The summed E-state index contributed by atoms with van der Waals surface area (Å²) in [6.45, 7) is 1.60. The van der Waals surface area contributed by atoms with Crippen molar-refractivity contribution in [2.45, 2.75) is 18.9 Å². The number of nitrogens with one attached hydrogen (secondary N) is 1. The molecule has 2 aromatic rings. The van der Waals surface area contributed by atoms with Crippen LogP contribution in [0.5, 0.6) is 11.5 Å². The molecule has 0 aliphatic heterocycles. The number of carboxylic acid groups (broad SMARTS) is 1. The maximum absolute atomic E-state index is 12.2. The molecule has 0 unspecified atom stereocenters. The number of carboxylic acids is 1. The number of hydrogen-bond donors (Lipinski definition) is 2. The van der Waals surface area contributed by atoms with Crippen LogP contribution in [0.4, 0.5) is 0 Å². The fraction of sp³-hybridized carbons (Fsp3) is 0.263. The molecule has 6 heteroatoms. The van der Waals surface area contributed by atoms with Crippen LogP contribution >= 0.6 is 0 Å². The van der Waals surface area contributed by atoms with Gasteiger partial charge in [-0.2, -0.15) is 0 Å². The third-order valence-electron chi connectivity index (χ3n) is 3.72. The molecule has 0 heterocycles. The fourth-order valence-electron chi connectivity index (χ4n) is 2.29. The number of hydrogen-bond acceptors (Lipinski definition) is 4. The van der Waals surface area contributed by atoms with Crippen LogP contribution in [-0.2, 0) is 9.59 Å². The van der Waals surface area contributed by atoms with Crippen LogP contribution < -0.4 is 14.8 Å². The zero-order chi connectivity index (χ0) is 18.2. The van der Waals surface area contributed by atoms with E-state index in [4.69, 9.17) is 9.47 Å². The Labute approximate surface area is 146 Å². The Balaban J connectivity index is 1.92. The van der Waals surface area contributed by atoms with Gasteiger partial charge in [0.2, 0.25) is 0 Å². The van der Waals surface area contributed by atoms with E-state index in [0.717, 1.165) is 0 Å². The van der Waals surface area contributed by atoms with Crippen molar-refractivity contribution in [1.29, 1.82) is 0 Å². The second kappa shape index (κ2) is 8.73. The quantitative estimate of drug-likeness (QED) is 0.769. The van der Waals surface area contributed by atoms with E-state index in [1.54, 1.807) is 62.6 Å². The monoisotopic (exact) mass is 343 g/mol. The Morgan fingerprint density at radius 2 is 1.64 bits per heavy atom. The number of benzene rings is 2. The number of rotatable bonds is 8. The van der Waals surface area contributed by atoms with Gasteiger partial charge in [0.15, 0.2) is 6.10 Å². The van der Waals surface area contributed by atoms with E-state index in [1.165, 1.54) is 0 Å². The van der Waals surface area contributed by atoms with Crippen molar-refractivity contribution in [3.8, 4) is 11.5 Å². The zero-order valence-corrected chi connectivity index (χ0v) is 14.1. The van der Waals surface area contributed by atoms with Crippen LogP contribution in [0, 0.1) is 0 Å². The second-order valence-electron chi connectivity index (χ2n) is 5.48. The van der Waals surface area contributed by atoms with Gasteiger partial charge in [-0.05, 0) is 36.8 Å². The minimum Gasteiger partial charge on any atom is -0.497 e. The molecule has 132 valence electrons. The lowest BCUT2D eigenvalue weighted by Gasteiger charge is -2.17. The van der Waals surface area contributed by atoms with Crippen molar-refractivity contribution in [2.75, 3.05) is 13.7 Å². The van der Waals surface area contributed by atoms with Crippen molar-refractivity contribution >= 4 is 11.9 Å². The molecule has 25 heavy (non-hydrogen) atoms. The molecule has 0 spiro atoms. The average Bonchev–Trinajstić information content (AvgIpc) is 2.63. The number of aliphatic carboxylic acids is 1. The lowest BCUT2D eigenvalue weighted by Crippen LogP contribution is -2.39. The minimum atomic E-state index is -0.991. The maximum Gasteiger partial charge on any atom is 0.312 e. The summed E-state index contributed by atoms with van der Waals surface area (Å²) in [5.74, 6) is -0.954. The van der Waals surface area contributed by atoms with Crippen LogP contribution in [0.3, 0.4) is 0 Å². The van der Waals surface area contributed by atoms with Crippen molar-refractivity contribution in [2.24, 2.45) is 0 Å². The zero-order valence-electron chi connectivity index (χ0n) is 14.1. The summed E-state index contributed by atoms with van der Waals surface area (Å²) < 4.78 is 10.6. The van der Waals surface area contributed by atoms with Gasteiger partial charge in [-0.25, -0.2) is 0 Å². The molecule has 0 fully saturated rings. The van der Waals surface area contributed by atoms with Gasteiger partial charge in [0.1, 0.15) is 11.5 Å². The first-order valence-electron chi connectivity index (χ1n) is 7.87. The van der Waals surface area contributed by atoms with Crippen LogP contribution in [0.1, 0.15) is 18.4 Å². The molecule has 2 N–H and O–H groups in total. The van der Waals surface area contributed by atoms with Gasteiger partial charge in [0.25, 0.3) is 5.91 Å². The molecule has 0 aliphatic carbocycles. The van der Waals surface area contributed by atoms with Gasteiger partial charge in [0, 0.05) is 6.54 Å². The van der Waals surface area contributed by atoms with Gasteiger partial charge in [-0.1, -0.05) is 30.3 Å². The molecule has 0 aromatic heterocycles. The first-order chi connectivity index (χ1) is 12.0. The van der Waals surface area contributed by atoms with Gasteiger partial charge in [-0.15, -0.1) is 0 Å². The summed E-state index contributed by atoms with van der Waals surface area (Å²) in [6.07, 6.45) is -0.751. The van der Waals surface area contributed by atoms with E-state index in [9.17, 15) is 14.7 Å². The second-order valence-corrected chi connectivity index (χ2v) is 5.48. The summed E-state index contributed by atoms with van der Waals surface area (Å²) >= 11 is 0. The van der Waals surface area contributed by atoms with Crippen LogP contribution in [0.15, 0.2) is 54.6 Å². The molecule has 0 bridgehead atoms. The first kappa shape index (κ1) is 18.3. The molecule has 0 aliphatic rings. The lowest BCUT2D eigenvalue weighted by atomic mass is 9.99. The molecular weight excluding hydrogens is 322 g/mol. The Bertz CT molecular complexity index is 700. The van der Waals surface area contributed by atoms with Crippen LogP contribution in [0.25, 0.3) is 0 Å². The number of carbonyl (C=O) groups is 2. The van der Waals surface area contributed by atoms with Gasteiger partial charge in [-0.3, -0.25) is 9.59 Å². The van der Waals surface area contributed by atoms with E-state index >= 15 is 0 Å². The SMILES string of the molecule is COc1ccc(O[C@@H](C)C(=O)NC[C@@H](C(=O)O)c2ccccc2)cc1. The van der Waals surface area contributed by atoms with Gasteiger partial charge < -0.3 is 19.9 Å². The minimum absolute atomic E-state index is 0.00546. The largest absolute Gasteiger partial charge is 0.497 e. The predicted molar refractivity (Wildman–Crippen MR) is 92.9 cm³/mol. The molecule has 2 aromatic carbocycles. The Morgan fingerprint density at radius 1 is 1.04 bits per heavy atom. The number of carbonyl (C=O) groups excluding carboxylic acids is 1. The summed E-state index contributed by atoms with van der Waals surface area (Å²) in [7, 11) is 1.57. The van der Waals surface area contributed by atoms with E-state index in [0.29, 0.717) is 17.1 Å². The van der Waals surface area contributed by atoms with E-state index < -0.39 is 18.0 Å². The molecule has 2 atom stereocenters. The Hall–Kier alpha value is -3.02. The highest BCUT2D eigenvalue weighted by atomic mass is 16.5. The summed E-state index contributed by atoms with van der Waals surface area (Å²) in [5, 5.41) is 12.0. The molecule has 2 rings (SSSR count). The highest BCUT2D eigenvalue weighted by molar-refractivity contribution is 5.82. The first-order valence-corrected chi connectivity index (χ1v) is 7.87. The average molecular weight is 343 g/mol. The fourth-order valence-corrected chi connectivity index (χ4v) is 2.29. The Morgan fingerprint density at radius 3 is 2.20 bits per heavy atom. The number of ether oxygens (including phenoxy) is 2. The molecule has 0 saturated heterocycles. The van der Waals surface area contributed by atoms with Gasteiger partial charge in [0.05, 0.1) is 13.0 Å². The molecule has 6 nitrogen and oxygen atoms in total. The highest BCUT2D eigenvalue weighted by Gasteiger charge is 2.22. The lowest BCUT2D eigenvalue weighted by molar-refractivity contribution is -0.138. The number of amides is 1. The topological polar surface area (TPSA) is 84.9 Å². The van der Waals surface area contributed by atoms with Crippen LogP contribution in [0.2, 0.25) is 0 Å². The smallest absolute Gasteiger partial charge is 0.312 e. The highest BCUT2D eigenvalue weighted by Crippen LogP contribution is 2.18. The third kappa shape index (κ3) is 5.24. The van der Waals surface area contributed by atoms with Crippen molar-refractivity contribution < 1.29 is 24.2 Å². The summed E-state index contributed by atoms with van der Waals surface area (Å²) in [4.78, 5) is 23.6. The Kier molecular flexibility index (Phi) is 6.39. The molecular formula is C19H21NO5. The van der Waals surface area contributed by atoms with Gasteiger partial charge >= 0.3 is 5.97 Å².